The number of hydrogen-bond acceptors (Lipinski definition) is 6. The van der Waals surface area contributed by atoms with Gasteiger partial charge in [0.1, 0.15) is 11.3 Å². The normalized spacial score (nSPS) is 17.3. The Kier molecular flexibility index (Phi) is 7.82. The average Bonchev–Trinajstić information content (AvgIpc) is 3.32. The Morgan fingerprint density at radius 2 is 1.79 bits per heavy atom. The second-order valence-electron chi connectivity index (χ2n) is 9.08. The Balaban J connectivity index is 1.52. The van der Waals surface area contributed by atoms with Crippen molar-refractivity contribution in [3.8, 4) is 0 Å². The minimum absolute atomic E-state index is 0.0212. The molecule has 0 radical (unpaired) electrons. The monoisotopic (exact) mass is 488 g/mol. The lowest BCUT2D eigenvalue weighted by Crippen LogP contribution is -2.41. The first-order chi connectivity index (χ1) is 16.4. The van der Waals surface area contributed by atoms with Gasteiger partial charge in [-0.05, 0) is 37.8 Å². The quantitative estimate of drug-likeness (QED) is 0.418. The lowest BCUT2D eigenvalue weighted by molar-refractivity contribution is -0.384. The molecule has 2 aliphatic rings. The fraction of sp³-hybridized carbons (Fsp3) is 0.542. The first kappa shape index (κ1) is 24.2. The van der Waals surface area contributed by atoms with Crippen molar-refractivity contribution in [3.05, 3.63) is 56.7 Å². The Bertz CT molecular complexity index is 1040. The van der Waals surface area contributed by atoms with Crippen LogP contribution in [0.3, 0.4) is 0 Å². The van der Waals surface area contributed by atoms with E-state index in [4.69, 9.17) is 16.0 Å². The third-order valence-electron chi connectivity index (χ3n) is 6.70. The van der Waals surface area contributed by atoms with Gasteiger partial charge in [-0.3, -0.25) is 19.7 Å². The van der Waals surface area contributed by atoms with Crippen LogP contribution in [0.1, 0.15) is 90.9 Å². The molecule has 0 bridgehead atoms. The van der Waals surface area contributed by atoms with Crippen LogP contribution in [0, 0.1) is 10.1 Å². The van der Waals surface area contributed by atoms with Gasteiger partial charge in [0.15, 0.2) is 5.69 Å². The van der Waals surface area contributed by atoms with Crippen molar-refractivity contribution in [2.45, 2.75) is 82.8 Å². The number of nitrogens with zero attached hydrogens (tertiary/aromatic N) is 3. The summed E-state index contributed by atoms with van der Waals surface area (Å²) in [6.45, 7) is 0.0800. The number of oxazole rings is 1. The number of amides is 2. The molecular weight excluding hydrogens is 460 g/mol. The van der Waals surface area contributed by atoms with Gasteiger partial charge in [0.2, 0.25) is 5.89 Å². The van der Waals surface area contributed by atoms with E-state index in [9.17, 15) is 19.7 Å². The summed E-state index contributed by atoms with van der Waals surface area (Å²) >= 11 is 5.93. The number of nitrogens with one attached hydrogen (secondary N) is 1. The van der Waals surface area contributed by atoms with E-state index in [-0.39, 0.29) is 58.3 Å². The van der Waals surface area contributed by atoms with Crippen molar-refractivity contribution in [1.82, 2.24) is 15.2 Å². The first-order valence-corrected chi connectivity index (χ1v) is 12.3. The van der Waals surface area contributed by atoms with E-state index in [0.717, 1.165) is 57.8 Å². The topological polar surface area (TPSA) is 119 Å². The molecule has 2 fully saturated rings. The van der Waals surface area contributed by atoms with Gasteiger partial charge in [-0.1, -0.05) is 50.1 Å². The number of carbonyl (C=O) groups excluding carboxylic acids is 2. The molecule has 2 aliphatic carbocycles. The number of halogens is 1. The van der Waals surface area contributed by atoms with Crippen LogP contribution in [0.2, 0.25) is 5.02 Å². The summed E-state index contributed by atoms with van der Waals surface area (Å²) in [5.74, 6) is -0.361. The number of aromatic nitrogens is 1. The summed E-state index contributed by atoms with van der Waals surface area (Å²) in [5, 5.41) is 14.3. The summed E-state index contributed by atoms with van der Waals surface area (Å²) in [7, 11) is 0. The van der Waals surface area contributed by atoms with Crippen LogP contribution in [-0.4, -0.2) is 38.7 Å². The number of carbonyl (C=O) groups is 2. The molecule has 1 aromatic carbocycles. The molecule has 0 aliphatic heterocycles. The molecule has 0 atom stereocenters. The highest BCUT2D eigenvalue weighted by atomic mass is 35.5. The number of benzene rings is 1. The number of nitro benzene ring substituents is 1. The summed E-state index contributed by atoms with van der Waals surface area (Å²) in [6.07, 6.45) is 11.4. The van der Waals surface area contributed by atoms with Crippen LogP contribution < -0.4 is 5.32 Å². The Morgan fingerprint density at radius 3 is 2.47 bits per heavy atom. The summed E-state index contributed by atoms with van der Waals surface area (Å²) in [5.41, 5.74) is 0.0659. The molecule has 182 valence electrons. The molecule has 2 aromatic rings. The molecule has 0 unspecified atom stereocenters. The van der Waals surface area contributed by atoms with Crippen LogP contribution in [0.5, 0.6) is 0 Å². The van der Waals surface area contributed by atoms with Gasteiger partial charge in [0.05, 0.1) is 11.5 Å². The van der Waals surface area contributed by atoms with Crippen LogP contribution in [0.15, 0.2) is 28.9 Å². The van der Waals surface area contributed by atoms with Crippen LogP contribution in [0.25, 0.3) is 0 Å². The van der Waals surface area contributed by atoms with E-state index in [1.165, 1.54) is 30.9 Å². The summed E-state index contributed by atoms with van der Waals surface area (Å²) in [6, 6.07) is 4.18. The molecule has 4 rings (SSSR count). The highest BCUT2D eigenvalue weighted by Crippen LogP contribution is 2.29. The van der Waals surface area contributed by atoms with Gasteiger partial charge < -0.3 is 14.6 Å². The Hall–Kier alpha value is -2.94. The summed E-state index contributed by atoms with van der Waals surface area (Å²) < 4.78 is 5.57. The molecule has 1 aromatic heterocycles. The van der Waals surface area contributed by atoms with Gasteiger partial charge in [0.25, 0.3) is 17.5 Å². The Labute approximate surface area is 203 Å². The number of rotatable bonds is 7. The number of hydrogen-bond donors (Lipinski definition) is 1. The van der Waals surface area contributed by atoms with Gasteiger partial charge in [-0.15, -0.1) is 0 Å². The maximum atomic E-state index is 13.4. The van der Waals surface area contributed by atoms with Gasteiger partial charge in [-0.25, -0.2) is 4.98 Å². The van der Waals surface area contributed by atoms with E-state index in [1.54, 1.807) is 4.90 Å². The Morgan fingerprint density at radius 1 is 1.12 bits per heavy atom. The van der Waals surface area contributed by atoms with Crippen LogP contribution >= 0.6 is 11.6 Å². The fourth-order valence-electron chi connectivity index (χ4n) is 4.85. The van der Waals surface area contributed by atoms with E-state index in [1.807, 2.05) is 0 Å². The van der Waals surface area contributed by atoms with Crippen molar-refractivity contribution < 1.29 is 18.9 Å². The predicted octanol–water partition coefficient (Wildman–Crippen LogP) is 5.27. The minimum Gasteiger partial charge on any atom is -0.446 e. The first-order valence-electron chi connectivity index (χ1n) is 11.9. The van der Waals surface area contributed by atoms with E-state index in [0.29, 0.717) is 0 Å². The zero-order valence-corrected chi connectivity index (χ0v) is 19.8. The van der Waals surface area contributed by atoms with E-state index in [2.05, 4.69) is 10.3 Å². The van der Waals surface area contributed by atoms with E-state index >= 15 is 0 Å². The SMILES string of the molecule is O=C(NC1CCCCC1)c1coc(CN(C(=O)c2ccc(Cl)c([N+](=O)[O-])c2)C2CCCCC2)n1. The smallest absolute Gasteiger partial charge is 0.288 e. The largest absolute Gasteiger partial charge is 0.446 e. The highest BCUT2D eigenvalue weighted by Gasteiger charge is 2.30. The molecule has 0 spiro atoms. The van der Waals surface area contributed by atoms with Crippen molar-refractivity contribution in [3.63, 3.8) is 0 Å². The van der Waals surface area contributed by atoms with Gasteiger partial charge in [-0.2, -0.15) is 0 Å². The lowest BCUT2D eigenvalue weighted by atomic mass is 9.93. The molecule has 0 saturated heterocycles. The molecule has 1 heterocycles. The lowest BCUT2D eigenvalue weighted by Gasteiger charge is -2.33. The zero-order chi connectivity index (χ0) is 24.1. The zero-order valence-electron chi connectivity index (χ0n) is 19.0. The molecule has 10 heteroatoms. The molecule has 1 N–H and O–H groups in total. The molecule has 34 heavy (non-hydrogen) atoms. The molecular formula is C24H29ClN4O5. The van der Waals surface area contributed by atoms with Gasteiger partial charge >= 0.3 is 0 Å². The third-order valence-corrected chi connectivity index (χ3v) is 7.02. The van der Waals surface area contributed by atoms with Crippen LogP contribution in [-0.2, 0) is 6.54 Å². The van der Waals surface area contributed by atoms with Crippen molar-refractivity contribution in [2.75, 3.05) is 0 Å². The molecule has 9 nitrogen and oxygen atoms in total. The third kappa shape index (κ3) is 5.75. The fourth-order valence-corrected chi connectivity index (χ4v) is 5.04. The van der Waals surface area contributed by atoms with Crippen molar-refractivity contribution in [1.29, 1.82) is 0 Å². The standard InChI is InChI=1S/C24H29ClN4O5/c25-19-12-11-16(13-21(19)29(32)33)24(31)28(18-9-5-2-6-10-18)14-22-27-20(15-34-22)23(30)26-17-7-3-1-4-8-17/h11-13,15,17-18H,1-10,14H2,(H,26,30). The second kappa shape index (κ2) is 11.0. The predicted molar refractivity (Wildman–Crippen MR) is 126 cm³/mol. The highest BCUT2D eigenvalue weighted by molar-refractivity contribution is 6.32. The van der Waals surface area contributed by atoms with Crippen LogP contribution in [0.4, 0.5) is 5.69 Å². The van der Waals surface area contributed by atoms with Crippen molar-refractivity contribution in [2.24, 2.45) is 0 Å². The van der Waals surface area contributed by atoms with Crippen molar-refractivity contribution >= 4 is 29.1 Å². The second-order valence-corrected chi connectivity index (χ2v) is 9.49. The molecule has 2 amide bonds. The van der Waals surface area contributed by atoms with Gasteiger partial charge in [0, 0.05) is 23.7 Å². The number of nitro groups is 1. The average molecular weight is 489 g/mol. The van der Waals surface area contributed by atoms with E-state index < -0.39 is 4.92 Å². The molecule has 2 saturated carbocycles. The minimum atomic E-state index is -0.602. The maximum Gasteiger partial charge on any atom is 0.288 e. The summed E-state index contributed by atoms with van der Waals surface area (Å²) in [4.78, 5) is 42.8. The maximum absolute atomic E-state index is 13.4.